The fraction of sp³-hybridized carbons (Fsp3) is 0.364. The van der Waals surface area contributed by atoms with Crippen LogP contribution in [0.2, 0.25) is 10.0 Å². The van der Waals surface area contributed by atoms with Crippen LogP contribution in [0.5, 0.6) is 0 Å². The summed E-state index contributed by atoms with van der Waals surface area (Å²) in [4.78, 5) is 11.9. The number of nitrogens with two attached hydrogens (primary N) is 1. The number of carbonyl (C=O) groups is 1. The summed E-state index contributed by atoms with van der Waals surface area (Å²) in [7, 11) is 0. The molecule has 1 aliphatic carbocycles. The number of rotatable bonds is 2. The molecule has 4 heteroatoms. The van der Waals surface area contributed by atoms with Gasteiger partial charge in [0, 0.05) is 22.5 Å². The maximum absolute atomic E-state index is 11.9. The second kappa shape index (κ2) is 4.12. The molecule has 0 aromatic heterocycles. The van der Waals surface area contributed by atoms with Gasteiger partial charge in [0.05, 0.1) is 5.02 Å². The summed E-state index contributed by atoms with van der Waals surface area (Å²) in [5.74, 6) is 0.122. The zero-order valence-electron chi connectivity index (χ0n) is 8.04. The standard InChI is InChI=1S/C11H11Cl2NO/c12-7-1-2-9(10(13)5-7)11(15)6-3-8(14)4-6/h1-2,5-6,8H,3-4,14H2. The molecule has 2 rings (SSSR count). The maximum Gasteiger partial charge on any atom is 0.167 e. The summed E-state index contributed by atoms with van der Waals surface area (Å²) in [6.45, 7) is 0. The normalized spacial score (nSPS) is 24.7. The summed E-state index contributed by atoms with van der Waals surface area (Å²) >= 11 is 11.7. The van der Waals surface area contributed by atoms with Crippen LogP contribution in [0.1, 0.15) is 23.2 Å². The highest BCUT2D eigenvalue weighted by molar-refractivity contribution is 6.36. The summed E-state index contributed by atoms with van der Waals surface area (Å²) in [5.41, 5.74) is 6.19. The van der Waals surface area contributed by atoms with Gasteiger partial charge >= 0.3 is 0 Å². The summed E-state index contributed by atoms with van der Waals surface area (Å²) in [6.07, 6.45) is 1.52. The number of carbonyl (C=O) groups excluding carboxylic acids is 1. The molecule has 0 aliphatic heterocycles. The van der Waals surface area contributed by atoms with Gasteiger partial charge in [-0.25, -0.2) is 0 Å². The molecule has 0 saturated heterocycles. The molecule has 1 saturated carbocycles. The largest absolute Gasteiger partial charge is 0.328 e. The Kier molecular flexibility index (Phi) is 3.01. The van der Waals surface area contributed by atoms with Crippen LogP contribution in [-0.4, -0.2) is 11.8 Å². The predicted octanol–water partition coefficient (Wildman–Crippen LogP) is 2.91. The van der Waals surface area contributed by atoms with Crippen LogP contribution in [0.25, 0.3) is 0 Å². The SMILES string of the molecule is NC1CC(C(=O)c2ccc(Cl)cc2Cl)C1. The van der Waals surface area contributed by atoms with E-state index in [2.05, 4.69) is 0 Å². The zero-order chi connectivity index (χ0) is 11.0. The molecule has 1 aliphatic rings. The number of benzene rings is 1. The van der Waals surface area contributed by atoms with Crippen molar-refractivity contribution < 1.29 is 4.79 Å². The topological polar surface area (TPSA) is 43.1 Å². The third-order valence-corrected chi connectivity index (χ3v) is 3.29. The molecular formula is C11H11Cl2NO. The van der Waals surface area contributed by atoms with Gasteiger partial charge in [-0.05, 0) is 31.0 Å². The van der Waals surface area contributed by atoms with Crippen LogP contribution in [0.15, 0.2) is 18.2 Å². The molecule has 0 unspecified atom stereocenters. The van der Waals surface area contributed by atoms with Crippen molar-refractivity contribution in [2.24, 2.45) is 11.7 Å². The fourth-order valence-corrected chi connectivity index (χ4v) is 2.29. The number of halogens is 2. The van der Waals surface area contributed by atoms with Crippen LogP contribution < -0.4 is 5.73 Å². The number of Topliss-reactive ketones (excluding diaryl/α,β-unsaturated/α-hetero) is 1. The predicted molar refractivity (Wildman–Crippen MR) is 61.5 cm³/mol. The minimum absolute atomic E-state index is 0.0404. The van der Waals surface area contributed by atoms with Crippen molar-refractivity contribution in [1.29, 1.82) is 0 Å². The smallest absolute Gasteiger partial charge is 0.167 e. The molecule has 0 bridgehead atoms. The molecule has 0 amide bonds. The molecule has 1 fully saturated rings. The molecule has 0 heterocycles. The van der Waals surface area contributed by atoms with Crippen LogP contribution in [0.4, 0.5) is 0 Å². The highest BCUT2D eigenvalue weighted by atomic mass is 35.5. The van der Waals surface area contributed by atoms with Crippen LogP contribution >= 0.6 is 23.2 Å². The molecular weight excluding hydrogens is 233 g/mol. The summed E-state index contributed by atoms with van der Waals surface area (Å²) in [6, 6.07) is 5.12. The monoisotopic (exact) mass is 243 g/mol. The average Bonchev–Trinajstić information content (AvgIpc) is 2.12. The lowest BCUT2D eigenvalue weighted by atomic mass is 9.76. The number of hydrogen-bond acceptors (Lipinski definition) is 2. The minimum atomic E-state index is 0.0404. The van der Waals surface area contributed by atoms with E-state index in [1.807, 2.05) is 0 Å². The van der Waals surface area contributed by atoms with Crippen LogP contribution in [0, 0.1) is 5.92 Å². The highest BCUT2D eigenvalue weighted by Gasteiger charge is 2.33. The Hall–Kier alpha value is -0.570. The summed E-state index contributed by atoms with van der Waals surface area (Å²) in [5, 5.41) is 0.967. The van der Waals surface area contributed by atoms with E-state index < -0.39 is 0 Å². The van der Waals surface area contributed by atoms with Gasteiger partial charge in [0.2, 0.25) is 0 Å². The van der Waals surface area contributed by atoms with E-state index >= 15 is 0 Å². The lowest BCUT2D eigenvalue weighted by molar-refractivity contribution is 0.0833. The van der Waals surface area contributed by atoms with Gasteiger partial charge in [-0.15, -0.1) is 0 Å². The van der Waals surface area contributed by atoms with E-state index in [-0.39, 0.29) is 17.7 Å². The third kappa shape index (κ3) is 2.17. The van der Waals surface area contributed by atoms with Gasteiger partial charge in [0.25, 0.3) is 0 Å². The van der Waals surface area contributed by atoms with E-state index in [1.54, 1.807) is 18.2 Å². The van der Waals surface area contributed by atoms with Crippen molar-refractivity contribution in [3.05, 3.63) is 33.8 Å². The van der Waals surface area contributed by atoms with Crippen LogP contribution in [-0.2, 0) is 0 Å². The van der Waals surface area contributed by atoms with E-state index in [1.165, 1.54) is 0 Å². The maximum atomic E-state index is 11.9. The number of hydrogen-bond donors (Lipinski definition) is 1. The molecule has 0 atom stereocenters. The van der Waals surface area contributed by atoms with E-state index in [9.17, 15) is 4.79 Å². The molecule has 1 aromatic carbocycles. The first-order chi connectivity index (χ1) is 7.08. The van der Waals surface area contributed by atoms with Gasteiger partial charge in [0.15, 0.2) is 5.78 Å². The summed E-state index contributed by atoms with van der Waals surface area (Å²) < 4.78 is 0. The van der Waals surface area contributed by atoms with Crippen molar-refractivity contribution >= 4 is 29.0 Å². The second-order valence-electron chi connectivity index (χ2n) is 3.92. The Bertz CT molecular complexity index is 400. The molecule has 0 radical (unpaired) electrons. The van der Waals surface area contributed by atoms with E-state index in [0.717, 1.165) is 12.8 Å². The Morgan fingerprint density at radius 2 is 2.00 bits per heavy atom. The average molecular weight is 244 g/mol. The Labute approximate surface area is 98.4 Å². The van der Waals surface area contributed by atoms with Gasteiger partial charge in [-0.2, -0.15) is 0 Å². The fourth-order valence-electron chi connectivity index (χ4n) is 1.79. The first-order valence-electron chi connectivity index (χ1n) is 4.83. The highest BCUT2D eigenvalue weighted by Crippen LogP contribution is 2.32. The van der Waals surface area contributed by atoms with E-state index in [4.69, 9.17) is 28.9 Å². The van der Waals surface area contributed by atoms with Crippen molar-refractivity contribution in [2.45, 2.75) is 18.9 Å². The molecule has 0 spiro atoms. The van der Waals surface area contributed by atoms with Gasteiger partial charge in [-0.3, -0.25) is 4.79 Å². The lowest BCUT2D eigenvalue weighted by Gasteiger charge is -2.31. The molecule has 2 nitrogen and oxygen atoms in total. The zero-order valence-corrected chi connectivity index (χ0v) is 9.55. The third-order valence-electron chi connectivity index (χ3n) is 2.74. The van der Waals surface area contributed by atoms with Crippen LogP contribution in [0.3, 0.4) is 0 Å². The van der Waals surface area contributed by atoms with Gasteiger partial charge < -0.3 is 5.73 Å². The molecule has 1 aromatic rings. The Morgan fingerprint density at radius 3 is 2.53 bits per heavy atom. The Morgan fingerprint density at radius 1 is 1.33 bits per heavy atom. The van der Waals surface area contributed by atoms with E-state index in [0.29, 0.717) is 15.6 Å². The number of ketones is 1. The molecule has 15 heavy (non-hydrogen) atoms. The van der Waals surface area contributed by atoms with Crippen molar-refractivity contribution in [3.63, 3.8) is 0 Å². The van der Waals surface area contributed by atoms with Crippen molar-refractivity contribution in [2.75, 3.05) is 0 Å². The second-order valence-corrected chi connectivity index (χ2v) is 4.76. The first-order valence-corrected chi connectivity index (χ1v) is 5.58. The quantitative estimate of drug-likeness (QED) is 0.813. The van der Waals surface area contributed by atoms with Gasteiger partial charge in [-0.1, -0.05) is 23.2 Å². The molecule has 2 N–H and O–H groups in total. The van der Waals surface area contributed by atoms with Crippen molar-refractivity contribution in [1.82, 2.24) is 0 Å². The van der Waals surface area contributed by atoms with Gasteiger partial charge in [0.1, 0.15) is 0 Å². The minimum Gasteiger partial charge on any atom is -0.328 e. The Balaban J connectivity index is 2.19. The molecule has 80 valence electrons. The van der Waals surface area contributed by atoms with Crippen molar-refractivity contribution in [3.8, 4) is 0 Å². The lowest BCUT2D eigenvalue weighted by Crippen LogP contribution is -2.40. The first kappa shape index (κ1) is 10.9.